The van der Waals surface area contributed by atoms with E-state index in [0.29, 0.717) is 12.3 Å². The number of hydrogen-bond acceptors (Lipinski definition) is 4. The van der Waals surface area contributed by atoms with Crippen LogP contribution in [0.25, 0.3) is 0 Å². The van der Waals surface area contributed by atoms with E-state index in [1.54, 1.807) is 6.07 Å². The number of carboxylic acids is 1. The molecule has 4 rings (SSSR count). The van der Waals surface area contributed by atoms with Gasteiger partial charge in [0.2, 0.25) is 10.0 Å². The molecule has 1 amide bonds. The van der Waals surface area contributed by atoms with Gasteiger partial charge in [-0.3, -0.25) is 4.79 Å². The molecule has 2 bridgehead atoms. The number of fused-ring (bicyclic) bond motifs is 1. The third kappa shape index (κ3) is 1.93. The van der Waals surface area contributed by atoms with E-state index in [9.17, 15) is 23.1 Å². The van der Waals surface area contributed by atoms with Gasteiger partial charge in [-0.2, -0.15) is 0 Å². The molecular formula is C18H21NO5S. The van der Waals surface area contributed by atoms with Gasteiger partial charge in [0.25, 0.3) is 5.91 Å². The molecule has 0 aromatic heterocycles. The number of carbonyl (C=O) groups is 2. The minimum Gasteiger partial charge on any atom is -0.478 e. The molecule has 134 valence electrons. The van der Waals surface area contributed by atoms with Gasteiger partial charge in [0.05, 0.1) is 22.9 Å². The summed E-state index contributed by atoms with van der Waals surface area (Å²) in [4.78, 5) is 24.5. The molecule has 1 N–H and O–H groups in total. The van der Waals surface area contributed by atoms with Crippen molar-refractivity contribution in [3.8, 4) is 0 Å². The molecule has 1 spiro atoms. The molecule has 2 saturated carbocycles. The number of hydrogen-bond donors (Lipinski definition) is 1. The summed E-state index contributed by atoms with van der Waals surface area (Å²) in [6, 6.07) is 5.45. The highest BCUT2D eigenvalue weighted by Gasteiger charge is 2.72. The van der Waals surface area contributed by atoms with Crippen molar-refractivity contribution in [3.05, 3.63) is 35.4 Å². The third-order valence-corrected chi connectivity index (χ3v) is 8.90. The van der Waals surface area contributed by atoms with Crippen LogP contribution in [0.4, 0.5) is 0 Å². The Labute approximate surface area is 146 Å². The number of rotatable bonds is 2. The highest BCUT2D eigenvalue weighted by molar-refractivity contribution is 7.90. The van der Waals surface area contributed by atoms with Crippen LogP contribution in [-0.4, -0.2) is 41.5 Å². The summed E-state index contributed by atoms with van der Waals surface area (Å²) < 4.78 is 26.8. The van der Waals surface area contributed by atoms with Gasteiger partial charge in [-0.1, -0.05) is 26.0 Å². The molecule has 3 atom stereocenters. The number of aromatic carboxylic acids is 1. The average Bonchev–Trinajstić information content (AvgIpc) is 3.01. The molecule has 1 saturated heterocycles. The maximum Gasteiger partial charge on any atom is 0.336 e. The van der Waals surface area contributed by atoms with Crippen molar-refractivity contribution in [1.82, 2.24) is 4.31 Å². The zero-order chi connectivity index (χ0) is 18.2. The summed E-state index contributed by atoms with van der Waals surface area (Å²) >= 11 is 0. The number of benzene rings is 1. The fraction of sp³-hybridized carbons (Fsp3) is 0.556. The minimum absolute atomic E-state index is 0.0187. The number of carboxylic acid groups (broad SMARTS) is 1. The van der Waals surface area contributed by atoms with Crippen LogP contribution in [0.1, 0.15) is 53.8 Å². The van der Waals surface area contributed by atoms with Crippen molar-refractivity contribution in [1.29, 1.82) is 0 Å². The molecule has 6 nitrogen and oxygen atoms in total. The minimum atomic E-state index is -3.76. The zero-order valence-corrected chi connectivity index (χ0v) is 15.0. The standard InChI is InChI=1S/C18H21NO5S/c1-17(2)11-7-8-18(17)10-25(23,24)19(14(18)9-11)15(20)12-5-3-4-6-13(12)16(21)22/h3-6,11,14H,7-10H2,1-2H3,(H,21,22)/t11-,14-,18+/m1/s1. The molecular weight excluding hydrogens is 342 g/mol. The molecule has 2 aliphatic carbocycles. The van der Waals surface area contributed by atoms with Gasteiger partial charge >= 0.3 is 5.97 Å². The predicted octanol–water partition coefficient (Wildman–Crippen LogP) is 2.37. The molecule has 3 aliphatic rings. The second-order valence-corrected chi connectivity index (χ2v) is 9.92. The summed E-state index contributed by atoms with van der Waals surface area (Å²) in [5, 5.41) is 9.34. The molecule has 1 aliphatic heterocycles. The summed E-state index contributed by atoms with van der Waals surface area (Å²) in [5.41, 5.74) is -0.765. The quantitative estimate of drug-likeness (QED) is 0.871. The van der Waals surface area contributed by atoms with Crippen LogP contribution in [0.2, 0.25) is 0 Å². The molecule has 0 unspecified atom stereocenters. The van der Waals surface area contributed by atoms with E-state index in [1.165, 1.54) is 18.2 Å². The van der Waals surface area contributed by atoms with Crippen LogP contribution in [-0.2, 0) is 10.0 Å². The largest absolute Gasteiger partial charge is 0.478 e. The number of carbonyl (C=O) groups excluding carboxylic acids is 1. The lowest BCUT2D eigenvalue weighted by molar-refractivity contribution is 0.0658. The summed E-state index contributed by atoms with van der Waals surface area (Å²) in [6.45, 7) is 4.22. The number of nitrogens with zero attached hydrogens (tertiary/aromatic N) is 1. The van der Waals surface area contributed by atoms with Crippen LogP contribution in [0.15, 0.2) is 24.3 Å². The van der Waals surface area contributed by atoms with Crippen molar-refractivity contribution in [2.24, 2.45) is 16.7 Å². The van der Waals surface area contributed by atoms with E-state index >= 15 is 0 Å². The molecule has 7 heteroatoms. The van der Waals surface area contributed by atoms with Crippen molar-refractivity contribution in [2.45, 2.75) is 39.2 Å². The van der Waals surface area contributed by atoms with E-state index in [-0.39, 0.29) is 28.3 Å². The highest BCUT2D eigenvalue weighted by Crippen LogP contribution is 2.70. The van der Waals surface area contributed by atoms with E-state index in [4.69, 9.17) is 0 Å². The lowest BCUT2D eigenvalue weighted by Gasteiger charge is -2.37. The maximum atomic E-state index is 13.1. The van der Waals surface area contributed by atoms with Crippen molar-refractivity contribution < 1.29 is 23.1 Å². The fourth-order valence-corrected chi connectivity index (χ4v) is 8.06. The molecule has 1 heterocycles. The monoisotopic (exact) mass is 363 g/mol. The SMILES string of the molecule is CC1(C)[C@@H]2CC[C@@]13CS(=O)(=O)N(C(=O)c1ccccc1C(=O)O)[C@@H]3C2. The molecule has 25 heavy (non-hydrogen) atoms. The van der Waals surface area contributed by atoms with Gasteiger partial charge in [-0.05, 0) is 42.7 Å². The second-order valence-electron chi connectivity index (χ2n) is 8.07. The lowest BCUT2D eigenvalue weighted by Crippen LogP contribution is -2.44. The Kier molecular flexibility index (Phi) is 3.21. The number of amides is 1. The van der Waals surface area contributed by atoms with E-state index in [0.717, 1.165) is 17.1 Å². The maximum absolute atomic E-state index is 13.1. The normalized spacial score (nSPS) is 34.1. The van der Waals surface area contributed by atoms with E-state index in [2.05, 4.69) is 13.8 Å². The summed E-state index contributed by atoms with van der Waals surface area (Å²) in [7, 11) is -3.76. The Hall–Kier alpha value is -1.89. The van der Waals surface area contributed by atoms with Crippen LogP contribution in [0.3, 0.4) is 0 Å². The average molecular weight is 363 g/mol. The first-order chi connectivity index (χ1) is 11.6. The van der Waals surface area contributed by atoms with Crippen LogP contribution >= 0.6 is 0 Å². The smallest absolute Gasteiger partial charge is 0.336 e. The first kappa shape index (κ1) is 16.6. The first-order valence-corrected chi connectivity index (χ1v) is 10.1. The summed E-state index contributed by atoms with van der Waals surface area (Å²) in [6.07, 6.45) is 2.47. The number of sulfonamides is 1. The lowest BCUT2D eigenvalue weighted by atomic mass is 9.69. The van der Waals surface area contributed by atoms with Crippen LogP contribution in [0.5, 0.6) is 0 Å². The Balaban J connectivity index is 1.82. The topological polar surface area (TPSA) is 91.8 Å². The second kappa shape index (κ2) is 4.84. The first-order valence-electron chi connectivity index (χ1n) is 8.50. The molecule has 0 radical (unpaired) electrons. The predicted molar refractivity (Wildman–Crippen MR) is 90.7 cm³/mol. The van der Waals surface area contributed by atoms with Crippen molar-refractivity contribution in [3.63, 3.8) is 0 Å². The van der Waals surface area contributed by atoms with Crippen molar-refractivity contribution in [2.75, 3.05) is 5.75 Å². The Morgan fingerprint density at radius 1 is 1.20 bits per heavy atom. The summed E-state index contributed by atoms with van der Waals surface area (Å²) in [5.74, 6) is -1.56. The van der Waals surface area contributed by atoms with Gasteiger partial charge in [0, 0.05) is 5.41 Å². The molecule has 1 aromatic rings. The Morgan fingerprint density at radius 3 is 2.44 bits per heavy atom. The van der Waals surface area contributed by atoms with E-state index in [1.807, 2.05) is 0 Å². The Morgan fingerprint density at radius 2 is 1.84 bits per heavy atom. The van der Waals surface area contributed by atoms with Gasteiger partial charge in [0.15, 0.2) is 0 Å². The van der Waals surface area contributed by atoms with Gasteiger partial charge < -0.3 is 5.11 Å². The third-order valence-electron chi connectivity index (χ3n) is 7.00. The van der Waals surface area contributed by atoms with Crippen LogP contribution in [0, 0.1) is 16.7 Å². The van der Waals surface area contributed by atoms with Gasteiger partial charge in [-0.25, -0.2) is 17.5 Å². The van der Waals surface area contributed by atoms with Gasteiger partial charge in [0.1, 0.15) is 0 Å². The fourth-order valence-electron chi connectivity index (χ4n) is 5.53. The van der Waals surface area contributed by atoms with E-state index < -0.39 is 27.3 Å². The molecule has 3 fully saturated rings. The zero-order valence-electron chi connectivity index (χ0n) is 14.2. The highest BCUT2D eigenvalue weighted by atomic mass is 32.2. The Bertz CT molecular complexity index is 890. The van der Waals surface area contributed by atoms with Gasteiger partial charge in [-0.15, -0.1) is 0 Å². The molecule has 1 aromatic carbocycles. The van der Waals surface area contributed by atoms with Crippen molar-refractivity contribution >= 4 is 21.9 Å². The van der Waals surface area contributed by atoms with Crippen LogP contribution < -0.4 is 0 Å².